The standard InChI is InChI=1S/2C2H2O4.Na.H/c2*3-1(4)2(5)6;;/h2*(H,3,4)(H,5,6);;/q;;+1;-1. The zero-order valence-electron chi connectivity index (χ0n) is 7.42. The zero-order valence-corrected chi connectivity index (χ0v) is 8.42. The van der Waals surface area contributed by atoms with Gasteiger partial charge in [-0.2, -0.15) is 0 Å². The first kappa shape index (κ1) is 17.8. The van der Waals surface area contributed by atoms with Crippen molar-refractivity contribution < 1.29 is 70.6 Å². The van der Waals surface area contributed by atoms with Gasteiger partial charge in [-0.15, -0.1) is 0 Å². The Morgan fingerprint density at radius 3 is 0.692 bits per heavy atom. The third kappa shape index (κ3) is 18.1. The normalized spacial score (nSPS) is 6.77. The summed E-state index contributed by atoms with van der Waals surface area (Å²) in [6, 6.07) is 0. The van der Waals surface area contributed by atoms with Crippen LogP contribution in [-0.2, 0) is 19.2 Å². The Labute approximate surface area is 94.6 Å². The minimum atomic E-state index is -1.82. The summed E-state index contributed by atoms with van der Waals surface area (Å²) in [7, 11) is 0. The van der Waals surface area contributed by atoms with Crippen LogP contribution in [0.1, 0.15) is 1.43 Å². The van der Waals surface area contributed by atoms with E-state index in [0.29, 0.717) is 0 Å². The average molecular weight is 204 g/mol. The van der Waals surface area contributed by atoms with Gasteiger partial charge in [-0.05, 0) is 0 Å². The maximum Gasteiger partial charge on any atom is 1.00 e. The Morgan fingerprint density at radius 2 is 0.692 bits per heavy atom. The molecule has 4 N–H and O–H groups in total. The van der Waals surface area contributed by atoms with Crippen LogP contribution in [0, 0.1) is 0 Å². The summed E-state index contributed by atoms with van der Waals surface area (Å²) in [6.45, 7) is 0. The van der Waals surface area contributed by atoms with Crippen molar-refractivity contribution in [2.45, 2.75) is 0 Å². The van der Waals surface area contributed by atoms with Gasteiger partial charge in [0.05, 0.1) is 0 Å². The van der Waals surface area contributed by atoms with E-state index in [1.165, 1.54) is 0 Å². The Bertz CT molecular complexity index is 177. The summed E-state index contributed by atoms with van der Waals surface area (Å²) < 4.78 is 0. The van der Waals surface area contributed by atoms with Crippen molar-refractivity contribution in [3.63, 3.8) is 0 Å². The van der Waals surface area contributed by atoms with E-state index in [1.807, 2.05) is 0 Å². The van der Waals surface area contributed by atoms with Crippen LogP contribution in [0.3, 0.4) is 0 Å². The molecule has 0 saturated heterocycles. The predicted octanol–water partition coefficient (Wildman–Crippen LogP) is -4.57. The Hall–Kier alpha value is -1.12. The van der Waals surface area contributed by atoms with Gasteiger partial charge in [-0.1, -0.05) is 0 Å². The molecule has 0 aliphatic heterocycles. The van der Waals surface area contributed by atoms with Crippen LogP contribution in [0.2, 0.25) is 0 Å². The maximum absolute atomic E-state index is 9.10. The van der Waals surface area contributed by atoms with Crippen molar-refractivity contribution in [1.29, 1.82) is 0 Å². The van der Waals surface area contributed by atoms with Crippen LogP contribution >= 0.6 is 0 Å². The molecule has 0 spiro atoms. The van der Waals surface area contributed by atoms with Crippen LogP contribution < -0.4 is 29.6 Å². The molecule has 9 heteroatoms. The van der Waals surface area contributed by atoms with E-state index < -0.39 is 23.9 Å². The van der Waals surface area contributed by atoms with Gasteiger partial charge in [0.2, 0.25) is 0 Å². The summed E-state index contributed by atoms with van der Waals surface area (Å²) in [5.74, 6) is -7.30. The molecular formula is C4H5NaO8. The third-order valence-electron chi connectivity index (χ3n) is 0.366. The average Bonchev–Trinajstić information content (AvgIpc) is 1.88. The van der Waals surface area contributed by atoms with E-state index in [-0.39, 0.29) is 31.0 Å². The molecule has 0 heterocycles. The molecule has 0 fully saturated rings. The molecule has 0 atom stereocenters. The van der Waals surface area contributed by atoms with Crippen LogP contribution in [-0.4, -0.2) is 44.3 Å². The molecule has 0 aliphatic carbocycles. The van der Waals surface area contributed by atoms with Gasteiger partial charge in [0, 0.05) is 0 Å². The number of rotatable bonds is 0. The molecule has 13 heavy (non-hydrogen) atoms. The van der Waals surface area contributed by atoms with E-state index >= 15 is 0 Å². The second-order valence-corrected chi connectivity index (χ2v) is 1.22. The Morgan fingerprint density at radius 1 is 0.615 bits per heavy atom. The molecule has 0 bridgehead atoms. The fourth-order valence-electron chi connectivity index (χ4n) is 0. The molecule has 0 amide bonds. The van der Waals surface area contributed by atoms with Gasteiger partial charge in [-0.25, -0.2) is 19.2 Å². The minimum absolute atomic E-state index is 0. The van der Waals surface area contributed by atoms with Crippen LogP contribution in [0.15, 0.2) is 0 Å². The summed E-state index contributed by atoms with van der Waals surface area (Å²) in [5.41, 5.74) is 0. The molecule has 0 saturated carbocycles. The monoisotopic (exact) mass is 204 g/mol. The molecule has 8 nitrogen and oxygen atoms in total. The Balaban J connectivity index is -0.0000000625. The summed E-state index contributed by atoms with van der Waals surface area (Å²) in [6.07, 6.45) is 0. The van der Waals surface area contributed by atoms with Crippen LogP contribution in [0.4, 0.5) is 0 Å². The largest absolute Gasteiger partial charge is 1.00 e. The van der Waals surface area contributed by atoms with Crippen molar-refractivity contribution in [1.82, 2.24) is 0 Å². The van der Waals surface area contributed by atoms with Crippen molar-refractivity contribution in [2.75, 3.05) is 0 Å². The van der Waals surface area contributed by atoms with Crippen molar-refractivity contribution >= 4 is 23.9 Å². The van der Waals surface area contributed by atoms with Gasteiger partial charge in [0.15, 0.2) is 0 Å². The molecule has 70 valence electrons. The van der Waals surface area contributed by atoms with Crippen molar-refractivity contribution in [2.24, 2.45) is 0 Å². The molecule has 0 aromatic heterocycles. The first-order valence-electron chi connectivity index (χ1n) is 2.21. The predicted molar refractivity (Wildman–Crippen MR) is 31.7 cm³/mol. The first-order chi connectivity index (χ1) is 5.29. The van der Waals surface area contributed by atoms with Crippen LogP contribution in [0.25, 0.3) is 0 Å². The Kier molecular flexibility index (Phi) is 12.3. The number of aliphatic carboxylic acids is 4. The van der Waals surface area contributed by atoms with Gasteiger partial charge in [0.25, 0.3) is 0 Å². The SMILES string of the molecule is O=C(O)C(=O)O.O=C(O)C(=O)O.[H-].[Na+]. The second-order valence-electron chi connectivity index (χ2n) is 1.22. The topological polar surface area (TPSA) is 149 Å². The van der Waals surface area contributed by atoms with E-state index in [9.17, 15) is 0 Å². The molecule has 0 radical (unpaired) electrons. The smallest absolute Gasteiger partial charge is 1.00 e. The molecule has 0 aromatic rings. The zero-order chi connectivity index (χ0) is 10.3. The van der Waals surface area contributed by atoms with E-state index in [2.05, 4.69) is 0 Å². The van der Waals surface area contributed by atoms with Gasteiger partial charge >= 0.3 is 53.4 Å². The second kappa shape index (κ2) is 8.97. The van der Waals surface area contributed by atoms with Crippen LogP contribution in [0.5, 0.6) is 0 Å². The molecule has 0 rings (SSSR count). The third-order valence-corrected chi connectivity index (χ3v) is 0.366. The molecule has 0 aromatic carbocycles. The summed E-state index contributed by atoms with van der Waals surface area (Å²) >= 11 is 0. The molecular weight excluding hydrogens is 199 g/mol. The number of carboxylic acid groups (broad SMARTS) is 4. The number of hydrogen-bond acceptors (Lipinski definition) is 4. The molecule has 0 unspecified atom stereocenters. The van der Waals surface area contributed by atoms with E-state index in [0.717, 1.165) is 0 Å². The van der Waals surface area contributed by atoms with Gasteiger partial charge < -0.3 is 21.9 Å². The van der Waals surface area contributed by atoms with Crippen molar-refractivity contribution in [3.05, 3.63) is 0 Å². The maximum atomic E-state index is 9.10. The number of carbonyl (C=O) groups is 4. The fourth-order valence-corrected chi connectivity index (χ4v) is 0. The first-order valence-corrected chi connectivity index (χ1v) is 2.21. The summed E-state index contributed by atoms with van der Waals surface area (Å²) in [4.78, 5) is 36.4. The minimum Gasteiger partial charge on any atom is -1.00 e. The fraction of sp³-hybridized carbons (Fsp3) is 0. The molecule has 0 aliphatic rings. The summed E-state index contributed by atoms with van der Waals surface area (Å²) in [5, 5.41) is 29.6. The van der Waals surface area contributed by atoms with Gasteiger partial charge in [0.1, 0.15) is 0 Å². The van der Waals surface area contributed by atoms with Gasteiger partial charge in [-0.3, -0.25) is 0 Å². The van der Waals surface area contributed by atoms with E-state index in [1.54, 1.807) is 0 Å². The quantitative estimate of drug-likeness (QED) is 0.227. The number of carboxylic acids is 4. The van der Waals surface area contributed by atoms with E-state index in [4.69, 9.17) is 39.6 Å². The number of hydrogen-bond donors (Lipinski definition) is 4. The van der Waals surface area contributed by atoms with Crippen molar-refractivity contribution in [3.8, 4) is 0 Å².